The van der Waals surface area contributed by atoms with Crippen LogP contribution in [0.5, 0.6) is 5.75 Å². The van der Waals surface area contributed by atoms with Crippen molar-refractivity contribution >= 4 is 46.0 Å². The first-order valence-electron chi connectivity index (χ1n) is 12.5. The van der Waals surface area contributed by atoms with E-state index in [2.05, 4.69) is 32.3 Å². The van der Waals surface area contributed by atoms with Gasteiger partial charge in [0.05, 0.1) is 45.7 Å². The van der Waals surface area contributed by atoms with Crippen LogP contribution in [0.1, 0.15) is 0 Å². The summed E-state index contributed by atoms with van der Waals surface area (Å²) in [5.74, 6) is -0.530. The number of carbonyl (C=O) groups is 1. The number of carbonyl (C=O) groups excluding carboxylic acids is 1. The molecule has 41 heavy (non-hydrogen) atoms. The molecule has 0 aliphatic heterocycles. The summed E-state index contributed by atoms with van der Waals surface area (Å²) in [6.45, 7) is 1.69. The lowest BCUT2D eigenvalue weighted by atomic mass is 10.2. The van der Waals surface area contributed by atoms with E-state index < -0.39 is 12.5 Å². The predicted molar refractivity (Wildman–Crippen MR) is 157 cm³/mol. The van der Waals surface area contributed by atoms with Crippen LogP contribution in [-0.2, 0) is 4.79 Å². The van der Waals surface area contributed by atoms with Gasteiger partial charge in [-0.3, -0.25) is 4.79 Å². The first-order chi connectivity index (χ1) is 19.7. The van der Waals surface area contributed by atoms with Crippen LogP contribution in [0.3, 0.4) is 0 Å². The maximum absolute atomic E-state index is 13.5. The van der Waals surface area contributed by atoms with Crippen molar-refractivity contribution in [3.63, 3.8) is 0 Å². The van der Waals surface area contributed by atoms with E-state index in [1.54, 1.807) is 24.0 Å². The van der Waals surface area contributed by atoms with E-state index in [9.17, 15) is 13.6 Å². The third-order valence-electron chi connectivity index (χ3n) is 5.92. The second-order valence-electron chi connectivity index (χ2n) is 9.16. The first-order valence-corrected chi connectivity index (χ1v) is 12.8. The Hall–Kier alpha value is -4.55. The molecule has 0 unspecified atom stereocenters. The molecule has 0 aliphatic carbocycles. The molecule has 214 valence electrons. The minimum atomic E-state index is -3.10. The number of fused-ring (bicyclic) bond motifs is 1. The topological polar surface area (TPSA) is 99.9 Å². The van der Waals surface area contributed by atoms with Crippen molar-refractivity contribution < 1.29 is 18.3 Å². The van der Waals surface area contributed by atoms with Gasteiger partial charge in [-0.1, -0.05) is 36.4 Å². The summed E-state index contributed by atoms with van der Waals surface area (Å²) in [5.41, 5.74) is 2.74. The van der Waals surface area contributed by atoms with Gasteiger partial charge in [0.25, 0.3) is 0 Å². The van der Waals surface area contributed by atoms with Crippen molar-refractivity contribution in [2.24, 2.45) is 0 Å². The molecule has 2 N–H and O–H groups in total. The molecule has 0 fully saturated rings. The van der Waals surface area contributed by atoms with Crippen LogP contribution in [0.15, 0.2) is 73.7 Å². The molecular weight excluding hydrogens is 554 g/mol. The molecule has 0 radical (unpaired) electrons. The van der Waals surface area contributed by atoms with E-state index in [1.165, 1.54) is 36.6 Å². The quantitative estimate of drug-likeness (QED) is 0.168. The second kappa shape index (κ2) is 13.2. The molecule has 0 aliphatic rings. The van der Waals surface area contributed by atoms with Gasteiger partial charge >= 0.3 is 6.61 Å². The molecule has 0 spiro atoms. The lowest BCUT2D eigenvalue weighted by molar-refractivity contribution is -0.111. The summed E-state index contributed by atoms with van der Waals surface area (Å²) in [6.07, 6.45) is 9.08. The molecule has 0 saturated carbocycles. The minimum absolute atomic E-state index is 0.0661. The monoisotopic (exact) mass is 582 g/mol. The molecule has 0 bridgehead atoms. The van der Waals surface area contributed by atoms with E-state index in [4.69, 9.17) is 16.3 Å². The van der Waals surface area contributed by atoms with Gasteiger partial charge in [-0.15, -0.1) is 0 Å². The number of benzene rings is 1. The van der Waals surface area contributed by atoms with Crippen LogP contribution < -0.4 is 20.3 Å². The normalized spacial score (nSPS) is 11.4. The van der Waals surface area contributed by atoms with Crippen LogP contribution in [0, 0.1) is 0 Å². The molecular formula is C28H29ClF2N8O2. The number of halogens is 3. The summed E-state index contributed by atoms with van der Waals surface area (Å²) < 4.78 is 33.6. The molecule has 1 aromatic carbocycles. The Morgan fingerprint density at radius 2 is 2.00 bits per heavy atom. The molecule has 3 aromatic heterocycles. The highest BCUT2D eigenvalue weighted by molar-refractivity contribution is 6.33. The first kappa shape index (κ1) is 29.4. The van der Waals surface area contributed by atoms with Crippen molar-refractivity contribution in [3.05, 3.63) is 78.8 Å². The van der Waals surface area contributed by atoms with E-state index in [1.807, 2.05) is 42.1 Å². The van der Waals surface area contributed by atoms with E-state index >= 15 is 0 Å². The van der Waals surface area contributed by atoms with Gasteiger partial charge in [0, 0.05) is 44.0 Å². The third kappa shape index (κ3) is 7.35. The van der Waals surface area contributed by atoms with Crippen molar-refractivity contribution in [1.29, 1.82) is 0 Å². The summed E-state index contributed by atoms with van der Waals surface area (Å²) in [6, 6.07) is 8.49. The summed E-state index contributed by atoms with van der Waals surface area (Å²) in [7, 11) is 5.63. The Bertz CT molecular complexity index is 1570. The molecule has 0 saturated heterocycles. The largest absolute Gasteiger partial charge is 0.433 e. The van der Waals surface area contributed by atoms with E-state index in [0.717, 1.165) is 5.52 Å². The zero-order valence-electron chi connectivity index (χ0n) is 22.7. The number of nitrogens with one attached hydrogen (secondary N) is 2. The van der Waals surface area contributed by atoms with Gasteiger partial charge in [-0.05, 0) is 32.3 Å². The maximum Gasteiger partial charge on any atom is 0.387 e. The molecule has 4 aromatic rings. The van der Waals surface area contributed by atoms with E-state index in [0.29, 0.717) is 35.7 Å². The van der Waals surface area contributed by atoms with Gasteiger partial charge in [0.2, 0.25) is 11.9 Å². The summed E-state index contributed by atoms with van der Waals surface area (Å²) in [4.78, 5) is 25.2. The van der Waals surface area contributed by atoms with Gasteiger partial charge in [-0.25, -0.2) is 14.5 Å². The van der Waals surface area contributed by atoms with E-state index in [-0.39, 0.29) is 22.4 Å². The highest BCUT2D eigenvalue weighted by Crippen LogP contribution is 2.39. The van der Waals surface area contributed by atoms with Crippen LogP contribution >= 0.6 is 11.6 Å². The zero-order chi connectivity index (χ0) is 29.5. The molecule has 3 heterocycles. The lowest BCUT2D eigenvalue weighted by Crippen LogP contribution is -2.29. The Morgan fingerprint density at radius 3 is 2.73 bits per heavy atom. The number of anilines is 4. The van der Waals surface area contributed by atoms with Crippen molar-refractivity contribution in [2.75, 3.05) is 49.8 Å². The number of alkyl halides is 2. The molecule has 13 heteroatoms. The maximum atomic E-state index is 13.5. The molecule has 10 nitrogen and oxygen atoms in total. The second-order valence-corrected chi connectivity index (χ2v) is 9.56. The van der Waals surface area contributed by atoms with Crippen LogP contribution in [0.2, 0.25) is 5.02 Å². The number of ether oxygens (including phenoxy) is 1. The van der Waals surface area contributed by atoms with Crippen LogP contribution in [-0.4, -0.2) is 71.2 Å². The van der Waals surface area contributed by atoms with Gasteiger partial charge in [0.15, 0.2) is 5.75 Å². The standard InChI is InChI=1S/C28H29ClF2N8O2/c1-5-6-10-25(40)34-20-14-21(24(41-27(30)31)15-23(20)38(4)13-12-37(2)3)35-28-32-17-19(29)26(36-28)18-16-33-39-11-8-7-9-22(18)39/h5-11,14-17,27H,1,12-13H2,2-4H3,(H,34,40)(H,32,35,36)/b10-6+. The van der Waals surface area contributed by atoms with Crippen molar-refractivity contribution in [3.8, 4) is 17.0 Å². The van der Waals surface area contributed by atoms with Crippen LogP contribution in [0.25, 0.3) is 16.8 Å². The smallest absolute Gasteiger partial charge is 0.387 e. The van der Waals surface area contributed by atoms with Gasteiger partial charge in [-0.2, -0.15) is 13.9 Å². The fourth-order valence-corrected chi connectivity index (χ4v) is 4.12. The minimum Gasteiger partial charge on any atom is -0.433 e. The van der Waals surface area contributed by atoms with Crippen molar-refractivity contribution in [1.82, 2.24) is 24.5 Å². The predicted octanol–water partition coefficient (Wildman–Crippen LogP) is 5.47. The highest BCUT2D eigenvalue weighted by Gasteiger charge is 2.20. The molecule has 4 rings (SSSR count). The average molecular weight is 583 g/mol. The number of hydrogen-bond donors (Lipinski definition) is 2. The Kier molecular flexibility index (Phi) is 9.48. The zero-order valence-corrected chi connectivity index (χ0v) is 23.4. The highest BCUT2D eigenvalue weighted by atomic mass is 35.5. The van der Waals surface area contributed by atoms with Crippen LogP contribution in [0.4, 0.5) is 31.8 Å². The number of rotatable bonds is 12. The van der Waals surface area contributed by atoms with Gasteiger partial charge < -0.3 is 25.2 Å². The summed E-state index contributed by atoms with van der Waals surface area (Å²) in [5, 5.41) is 10.3. The van der Waals surface area contributed by atoms with Gasteiger partial charge in [0.1, 0.15) is 0 Å². The number of pyridine rings is 1. The molecule has 0 atom stereocenters. The third-order valence-corrected chi connectivity index (χ3v) is 6.20. The van der Waals surface area contributed by atoms with Crippen molar-refractivity contribution in [2.45, 2.75) is 6.61 Å². The number of amides is 1. The summed E-state index contributed by atoms with van der Waals surface area (Å²) >= 11 is 6.44. The SMILES string of the molecule is C=C/C=C/C(=O)Nc1cc(Nc2ncc(Cl)c(-c3cnn4ccccc34)n2)c(OC(F)F)cc1N(C)CCN(C)C. The fraction of sp³-hybridized carbons (Fsp3) is 0.214. The average Bonchev–Trinajstić information content (AvgIpc) is 3.36. The Morgan fingerprint density at radius 1 is 1.20 bits per heavy atom. The lowest BCUT2D eigenvalue weighted by Gasteiger charge is -2.26. The number of hydrogen-bond acceptors (Lipinski definition) is 8. The Balaban J connectivity index is 1.77. The molecule has 1 amide bonds. The fourth-order valence-electron chi connectivity index (χ4n) is 3.93. The number of allylic oxidation sites excluding steroid dienone is 2. The number of aromatic nitrogens is 4. The Labute approximate surface area is 240 Å². The number of likely N-dealkylation sites (N-methyl/N-ethyl adjacent to an activating group) is 2. The number of nitrogens with zero attached hydrogens (tertiary/aromatic N) is 6.